The molecule has 1 aliphatic rings. The number of fused-ring (bicyclic) bond motifs is 2. The molecule has 6 aromatic rings. The first kappa shape index (κ1) is 22.6. The van der Waals surface area contributed by atoms with Gasteiger partial charge in [0.1, 0.15) is 29.0 Å². The third kappa shape index (κ3) is 4.16. The number of H-pyrrole nitrogens is 2. The number of benzene rings is 1. The van der Waals surface area contributed by atoms with Crippen molar-refractivity contribution >= 4 is 22.1 Å². The molecule has 8 nitrogen and oxygen atoms in total. The smallest absolute Gasteiger partial charge is 0.155 e. The van der Waals surface area contributed by atoms with Crippen LogP contribution in [-0.4, -0.2) is 49.3 Å². The van der Waals surface area contributed by atoms with E-state index in [1.165, 1.54) is 12.1 Å². The van der Waals surface area contributed by atoms with Gasteiger partial charge in [0, 0.05) is 40.5 Å². The van der Waals surface area contributed by atoms with Crippen molar-refractivity contribution in [3.8, 4) is 39.4 Å². The molecule has 0 bridgehead atoms. The maximum Gasteiger partial charge on any atom is 0.155 e. The highest BCUT2D eigenvalue weighted by atomic mass is 19.1. The number of hydrogen-bond acceptors (Lipinski definition) is 6. The topological polar surface area (TPSA) is 104 Å². The maximum absolute atomic E-state index is 13.9. The molecule has 7 rings (SSSR count). The third-order valence-corrected chi connectivity index (χ3v) is 6.97. The van der Waals surface area contributed by atoms with E-state index in [2.05, 4.69) is 41.5 Å². The monoisotopic (exact) mass is 505 g/mol. The Morgan fingerprint density at radius 3 is 2.63 bits per heavy atom. The molecule has 1 saturated heterocycles. The van der Waals surface area contributed by atoms with Crippen LogP contribution in [-0.2, 0) is 0 Å². The summed E-state index contributed by atoms with van der Waals surface area (Å²) in [5, 5.41) is 12.7. The molecule has 3 N–H and O–H groups in total. The Hall–Kier alpha value is -4.63. The van der Waals surface area contributed by atoms with Gasteiger partial charge in [0.05, 0.1) is 11.9 Å². The number of halogens is 1. The zero-order valence-electron chi connectivity index (χ0n) is 20.4. The lowest BCUT2D eigenvalue weighted by atomic mass is 10.0. The summed E-state index contributed by atoms with van der Waals surface area (Å²) in [6.07, 6.45) is 9.26. The van der Waals surface area contributed by atoms with E-state index >= 15 is 0 Å². The molecule has 0 amide bonds. The lowest BCUT2D eigenvalue weighted by Gasteiger charge is -2.23. The van der Waals surface area contributed by atoms with E-state index in [0.29, 0.717) is 11.3 Å². The number of nitrogens with one attached hydrogen (secondary N) is 3. The van der Waals surface area contributed by atoms with Crippen LogP contribution >= 0.6 is 0 Å². The second-order valence-electron chi connectivity index (χ2n) is 9.48. The summed E-state index contributed by atoms with van der Waals surface area (Å²) in [7, 11) is 0. The predicted octanol–water partition coefficient (Wildman–Crippen LogP) is 5.50. The molecule has 38 heavy (non-hydrogen) atoms. The molecule has 1 fully saturated rings. The van der Waals surface area contributed by atoms with Crippen LogP contribution in [0.25, 0.3) is 55.7 Å². The Balaban J connectivity index is 1.26. The van der Waals surface area contributed by atoms with Gasteiger partial charge < -0.3 is 15.0 Å². The van der Waals surface area contributed by atoms with Crippen molar-refractivity contribution in [1.82, 2.24) is 35.5 Å². The molecule has 1 aromatic carbocycles. The van der Waals surface area contributed by atoms with E-state index in [1.807, 2.05) is 36.7 Å². The average molecular weight is 506 g/mol. The van der Waals surface area contributed by atoms with Gasteiger partial charge in [-0.25, -0.2) is 14.4 Å². The summed E-state index contributed by atoms with van der Waals surface area (Å²) in [5.74, 6) is 0.480. The Morgan fingerprint density at radius 1 is 0.842 bits per heavy atom. The van der Waals surface area contributed by atoms with Gasteiger partial charge in [-0.1, -0.05) is 12.1 Å². The molecule has 188 valence electrons. The third-order valence-electron chi connectivity index (χ3n) is 6.97. The van der Waals surface area contributed by atoms with Crippen LogP contribution in [0.15, 0.2) is 73.3 Å². The van der Waals surface area contributed by atoms with Crippen LogP contribution in [0, 0.1) is 5.82 Å². The first-order chi connectivity index (χ1) is 18.7. The van der Waals surface area contributed by atoms with E-state index in [1.54, 1.807) is 18.5 Å². The Bertz CT molecular complexity index is 1770. The fourth-order valence-corrected chi connectivity index (χ4v) is 5.08. The van der Waals surface area contributed by atoms with Crippen LogP contribution in [0.1, 0.15) is 12.8 Å². The zero-order chi connectivity index (χ0) is 25.5. The molecule has 0 radical (unpaired) electrons. The van der Waals surface area contributed by atoms with E-state index in [4.69, 9.17) is 4.74 Å². The molecular weight excluding hydrogens is 481 g/mol. The van der Waals surface area contributed by atoms with Crippen LogP contribution in [0.3, 0.4) is 0 Å². The lowest BCUT2D eigenvalue weighted by molar-refractivity contribution is 0.162. The summed E-state index contributed by atoms with van der Waals surface area (Å²) >= 11 is 0. The summed E-state index contributed by atoms with van der Waals surface area (Å²) < 4.78 is 20.1. The minimum Gasteiger partial charge on any atom is -0.489 e. The summed E-state index contributed by atoms with van der Waals surface area (Å²) in [6.45, 7) is 1.93. The summed E-state index contributed by atoms with van der Waals surface area (Å²) in [5.41, 5.74) is 6.42. The molecular formula is C29H24FN7O. The van der Waals surface area contributed by atoms with Gasteiger partial charge in [-0.05, 0) is 73.5 Å². The molecule has 5 aromatic heterocycles. The van der Waals surface area contributed by atoms with Gasteiger partial charge in [-0.2, -0.15) is 5.10 Å². The Morgan fingerprint density at radius 2 is 1.74 bits per heavy atom. The highest BCUT2D eigenvalue weighted by Crippen LogP contribution is 2.34. The van der Waals surface area contributed by atoms with Crippen molar-refractivity contribution in [1.29, 1.82) is 0 Å². The molecule has 0 atom stereocenters. The molecule has 0 unspecified atom stereocenters. The van der Waals surface area contributed by atoms with Gasteiger partial charge in [0.15, 0.2) is 5.65 Å². The molecule has 0 spiro atoms. The number of piperidine rings is 1. The SMILES string of the molecule is Fc1cccc(-c2ccnc3[nH]c(-c4n[nH]c5ncc(-c6cncc(OC7CCNCC7)c6)cc45)cc23)c1. The van der Waals surface area contributed by atoms with Gasteiger partial charge in [0.2, 0.25) is 0 Å². The van der Waals surface area contributed by atoms with Crippen LogP contribution in [0.4, 0.5) is 4.39 Å². The molecule has 0 saturated carbocycles. The van der Waals surface area contributed by atoms with Crippen molar-refractivity contribution in [3.05, 3.63) is 79.1 Å². The number of hydrogen-bond donors (Lipinski definition) is 3. The second kappa shape index (κ2) is 9.35. The number of nitrogens with zero attached hydrogens (tertiary/aromatic N) is 4. The molecule has 0 aliphatic carbocycles. The molecule has 6 heterocycles. The van der Waals surface area contributed by atoms with Gasteiger partial charge >= 0.3 is 0 Å². The van der Waals surface area contributed by atoms with Crippen LogP contribution < -0.4 is 10.1 Å². The van der Waals surface area contributed by atoms with Gasteiger partial charge in [0.25, 0.3) is 0 Å². The summed E-state index contributed by atoms with van der Waals surface area (Å²) in [4.78, 5) is 16.9. The largest absolute Gasteiger partial charge is 0.489 e. The Kier molecular flexibility index (Phi) is 5.55. The van der Waals surface area contributed by atoms with Crippen molar-refractivity contribution in [2.24, 2.45) is 0 Å². The van der Waals surface area contributed by atoms with E-state index in [-0.39, 0.29) is 11.9 Å². The number of ether oxygens (including phenoxy) is 1. The maximum atomic E-state index is 13.9. The number of pyridine rings is 3. The fraction of sp³-hybridized carbons (Fsp3) is 0.172. The predicted molar refractivity (Wildman–Crippen MR) is 144 cm³/mol. The second-order valence-corrected chi connectivity index (χ2v) is 9.48. The summed E-state index contributed by atoms with van der Waals surface area (Å²) in [6, 6.07) is 14.5. The van der Waals surface area contributed by atoms with E-state index in [0.717, 1.165) is 76.1 Å². The minimum absolute atomic E-state index is 0.197. The first-order valence-corrected chi connectivity index (χ1v) is 12.6. The van der Waals surface area contributed by atoms with Crippen LogP contribution in [0.5, 0.6) is 5.75 Å². The molecule has 9 heteroatoms. The quantitative estimate of drug-likeness (QED) is 0.286. The van der Waals surface area contributed by atoms with E-state index < -0.39 is 0 Å². The average Bonchev–Trinajstić information content (AvgIpc) is 3.57. The standard InChI is InChI=1S/C29H24FN7O/c30-20-3-1-2-17(10-20)23-6-9-33-28-24(23)13-26(35-28)27-25-12-19(15-34-29(25)37-36-27)18-11-22(16-32-14-18)38-21-4-7-31-8-5-21/h1-3,6,9-16,21,31H,4-5,7-8H2,(H,33,35)(H,34,36,37). The normalized spacial score (nSPS) is 14.3. The zero-order valence-corrected chi connectivity index (χ0v) is 20.4. The van der Waals surface area contributed by atoms with Crippen molar-refractivity contribution in [2.75, 3.05) is 13.1 Å². The first-order valence-electron chi connectivity index (χ1n) is 12.6. The van der Waals surface area contributed by atoms with Crippen LogP contribution in [0.2, 0.25) is 0 Å². The van der Waals surface area contributed by atoms with Gasteiger partial charge in [-0.3, -0.25) is 10.1 Å². The molecule has 1 aliphatic heterocycles. The van der Waals surface area contributed by atoms with Crippen molar-refractivity contribution in [3.63, 3.8) is 0 Å². The Labute approximate surface area is 217 Å². The lowest BCUT2D eigenvalue weighted by Crippen LogP contribution is -2.34. The highest BCUT2D eigenvalue weighted by Gasteiger charge is 2.17. The fourth-order valence-electron chi connectivity index (χ4n) is 5.08. The minimum atomic E-state index is -0.278. The van der Waals surface area contributed by atoms with E-state index in [9.17, 15) is 4.39 Å². The number of aromatic nitrogens is 6. The number of rotatable bonds is 5. The number of aromatic amines is 2. The highest BCUT2D eigenvalue weighted by molar-refractivity contribution is 5.99. The van der Waals surface area contributed by atoms with Crippen molar-refractivity contribution in [2.45, 2.75) is 18.9 Å². The van der Waals surface area contributed by atoms with Crippen molar-refractivity contribution < 1.29 is 9.13 Å². The van der Waals surface area contributed by atoms with Gasteiger partial charge in [-0.15, -0.1) is 0 Å².